The summed E-state index contributed by atoms with van der Waals surface area (Å²) in [4.78, 5) is 36.2. The largest absolute Gasteiger partial charge is 0.418 e. The number of halogens is 1. The van der Waals surface area contributed by atoms with Crippen molar-refractivity contribution in [2.75, 3.05) is 18.4 Å². The molecule has 186 valence electrons. The Morgan fingerprint density at radius 3 is 2.64 bits per heavy atom. The highest BCUT2D eigenvalue weighted by Gasteiger charge is 2.36. The number of nitrogens with one attached hydrogen (secondary N) is 1. The number of rotatable bonds is 6. The molecule has 6 rings (SSSR count). The van der Waals surface area contributed by atoms with Gasteiger partial charge in [0.1, 0.15) is 11.7 Å². The number of benzene rings is 1. The maximum atomic E-state index is 13.1. The van der Waals surface area contributed by atoms with Gasteiger partial charge in [-0.15, -0.1) is 0 Å². The molecule has 1 aliphatic heterocycles. The molecule has 1 saturated heterocycles. The van der Waals surface area contributed by atoms with E-state index in [-0.39, 0.29) is 23.8 Å². The van der Waals surface area contributed by atoms with E-state index in [1.165, 1.54) is 23.3 Å². The Labute approximate surface area is 210 Å². The first-order valence-corrected chi connectivity index (χ1v) is 12.2. The lowest BCUT2D eigenvalue weighted by Crippen LogP contribution is -2.49. The van der Waals surface area contributed by atoms with Crippen molar-refractivity contribution in [3.8, 4) is 5.69 Å². The standard InChI is InChI=1S/C24H24ClN7O4/c25-15-1-5-17(6-2-15)32-20-18(11-28-32)21(33)31(14-27-20)13-24(35)7-9-30(10-8-24)22(34)19-12-26-23(36-19)29-16-3-4-16/h1-2,5-6,11-12,14,16,35H,3-4,7-10,13H2,(H,26,29). The van der Waals surface area contributed by atoms with E-state index >= 15 is 0 Å². The van der Waals surface area contributed by atoms with Crippen LogP contribution in [0, 0.1) is 0 Å². The summed E-state index contributed by atoms with van der Waals surface area (Å²) in [6.07, 6.45) is 7.11. The molecule has 0 unspecified atom stereocenters. The number of carbonyl (C=O) groups is 1. The third-order valence-electron chi connectivity index (χ3n) is 6.69. The Bertz CT molecular complexity index is 1480. The van der Waals surface area contributed by atoms with Crippen molar-refractivity contribution < 1.29 is 14.3 Å². The number of oxazole rings is 1. The molecule has 1 aliphatic carbocycles. The highest BCUT2D eigenvalue weighted by Crippen LogP contribution is 2.27. The van der Waals surface area contributed by atoms with Gasteiger partial charge in [0.25, 0.3) is 17.5 Å². The Balaban J connectivity index is 1.14. The number of fused-ring (bicyclic) bond motifs is 1. The van der Waals surface area contributed by atoms with Crippen LogP contribution in [0.5, 0.6) is 0 Å². The van der Waals surface area contributed by atoms with Crippen LogP contribution in [0.3, 0.4) is 0 Å². The van der Waals surface area contributed by atoms with Crippen LogP contribution < -0.4 is 10.9 Å². The first-order valence-electron chi connectivity index (χ1n) is 11.8. The lowest BCUT2D eigenvalue weighted by molar-refractivity contribution is -0.0304. The Morgan fingerprint density at radius 2 is 1.92 bits per heavy atom. The fourth-order valence-electron chi connectivity index (χ4n) is 4.43. The summed E-state index contributed by atoms with van der Waals surface area (Å²) < 4.78 is 8.53. The van der Waals surface area contributed by atoms with E-state index < -0.39 is 5.60 Å². The number of aromatic nitrogens is 5. The average molecular weight is 510 g/mol. The molecule has 1 aromatic carbocycles. The van der Waals surface area contributed by atoms with Gasteiger partial charge in [0.05, 0.1) is 30.2 Å². The van der Waals surface area contributed by atoms with Crippen LogP contribution in [0.15, 0.2) is 52.2 Å². The second kappa shape index (κ2) is 8.75. The first kappa shape index (κ1) is 22.7. The SMILES string of the molecule is O=C(c1cnc(NC2CC2)o1)N1CCC(O)(Cn2cnc3c(cnn3-c3ccc(Cl)cc3)c2=O)CC1. The Kier molecular flexibility index (Phi) is 5.53. The smallest absolute Gasteiger partial charge is 0.295 e. The number of hydrogen-bond acceptors (Lipinski definition) is 8. The summed E-state index contributed by atoms with van der Waals surface area (Å²) >= 11 is 5.97. The number of piperidine rings is 1. The third-order valence-corrected chi connectivity index (χ3v) is 6.95. The van der Waals surface area contributed by atoms with Crippen molar-refractivity contribution in [2.24, 2.45) is 0 Å². The molecule has 2 aliphatic rings. The van der Waals surface area contributed by atoms with Gasteiger partial charge in [-0.05, 0) is 49.9 Å². The number of anilines is 1. The highest BCUT2D eigenvalue weighted by molar-refractivity contribution is 6.30. The number of carbonyl (C=O) groups excluding carboxylic acids is 1. The van der Waals surface area contributed by atoms with Crippen molar-refractivity contribution in [1.29, 1.82) is 0 Å². The van der Waals surface area contributed by atoms with E-state index in [2.05, 4.69) is 20.4 Å². The average Bonchev–Trinajstić information content (AvgIpc) is 3.38. The van der Waals surface area contributed by atoms with Crippen molar-refractivity contribution in [2.45, 2.75) is 43.9 Å². The molecule has 0 radical (unpaired) electrons. The predicted molar refractivity (Wildman–Crippen MR) is 131 cm³/mol. The molecule has 0 atom stereocenters. The molecule has 2 fully saturated rings. The summed E-state index contributed by atoms with van der Waals surface area (Å²) in [5, 5.41) is 19.6. The monoisotopic (exact) mass is 509 g/mol. The first-order chi connectivity index (χ1) is 17.4. The van der Waals surface area contributed by atoms with E-state index in [0.717, 1.165) is 18.5 Å². The lowest BCUT2D eigenvalue weighted by Gasteiger charge is -2.38. The van der Waals surface area contributed by atoms with Crippen LogP contribution >= 0.6 is 11.6 Å². The number of likely N-dealkylation sites (tertiary alicyclic amines) is 1. The topological polar surface area (TPSA) is 131 Å². The molecule has 36 heavy (non-hydrogen) atoms. The van der Waals surface area contributed by atoms with Gasteiger partial charge in [0.2, 0.25) is 5.76 Å². The zero-order valence-electron chi connectivity index (χ0n) is 19.3. The second-order valence-corrected chi connectivity index (χ2v) is 9.85. The van der Waals surface area contributed by atoms with Gasteiger partial charge >= 0.3 is 0 Å². The van der Waals surface area contributed by atoms with Gasteiger partial charge in [0, 0.05) is 24.2 Å². The van der Waals surface area contributed by atoms with E-state index in [1.807, 2.05) is 0 Å². The van der Waals surface area contributed by atoms with Gasteiger partial charge in [-0.25, -0.2) is 14.6 Å². The second-order valence-electron chi connectivity index (χ2n) is 9.41. The minimum atomic E-state index is -1.15. The van der Waals surface area contributed by atoms with Crippen LogP contribution in [-0.2, 0) is 6.54 Å². The van der Waals surface area contributed by atoms with E-state index in [0.29, 0.717) is 54.0 Å². The summed E-state index contributed by atoms with van der Waals surface area (Å²) in [7, 11) is 0. The molecule has 11 nitrogen and oxygen atoms in total. The zero-order valence-corrected chi connectivity index (χ0v) is 20.1. The van der Waals surface area contributed by atoms with Crippen LogP contribution in [0.2, 0.25) is 5.02 Å². The minimum Gasteiger partial charge on any atom is -0.418 e. The maximum Gasteiger partial charge on any atom is 0.295 e. The highest BCUT2D eigenvalue weighted by atomic mass is 35.5. The molecule has 12 heteroatoms. The van der Waals surface area contributed by atoms with E-state index in [1.54, 1.807) is 33.8 Å². The fraction of sp³-hybridized carbons (Fsp3) is 0.375. The molecule has 1 amide bonds. The number of amides is 1. The number of nitrogens with zero attached hydrogens (tertiary/aromatic N) is 6. The molecule has 2 N–H and O–H groups in total. The van der Waals surface area contributed by atoms with Crippen molar-refractivity contribution in [3.63, 3.8) is 0 Å². The van der Waals surface area contributed by atoms with Gasteiger partial charge in [-0.2, -0.15) is 5.10 Å². The van der Waals surface area contributed by atoms with Crippen LogP contribution in [0.25, 0.3) is 16.7 Å². The normalized spacial score (nSPS) is 17.4. The molecular weight excluding hydrogens is 486 g/mol. The lowest BCUT2D eigenvalue weighted by atomic mass is 9.91. The minimum absolute atomic E-state index is 0.0701. The van der Waals surface area contributed by atoms with E-state index in [9.17, 15) is 14.7 Å². The summed E-state index contributed by atoms with van der Waals surface area (Å²) in [6, 6.07) is 7.80. The van der Waals surface area contributed by atoms with Crippen molar-refractivity contribution in [3.05, 3.63) is 64.1 Å². The van der Waals surface area contributed by atoms with Crippen LogP contribution in [0.1, 0.15) is 36.2 Å². The molecular formula is C24H24ClN7O4. The number of hydrogen-bond donors (Lipinski definition) is 2. The van der Waals surface area contributed by atoms with Gasteiger partial charge < -0.3 is 19.7 Å². The molecule has 0 bridgehead atoms. The Morgan fingerprint density at radius 1 is 1.17 bits per heavy atom. The number of aliphatic hydroxyl groups is 1. The summed E-state index contributed by atoms with van der Waals surface area (Å²) in [6.45, 7) is 0.737. The van der Waals surface area contributed by atoms with Crippen LogP contribution in [0.4, 0.5) is 6.01 Å². The Hall–Kier alpha value is -3.70. The quantitative estimate of drug-likeness (QED) is 0.405. The van der Waals surface area contributed by atoms with Gasteiger partial charge in [0.15, 0.2) is 5.65 Å². The molecule has 0 spiro atoms. The molecule has 4 heterocycles. The van der Waals surface area contributed by atoms with Crippen molar-refractivity contribution in [1.82, 2.24) is 29.2 Å². The van der Waals surface area contributed by atoms with Gasteiger partial charge in [-0.1, -0.05) is 11.6 Å². The fourth-order valence-corrected chi connectivity index (χ4v) is 4.56. The van der Waals surface area contributed by atoms with Crippen LogP contribution in [-0.4, -0.2) is 65.0 Å². The summed E-state index contributed by atoms with van der Waals surface area (Å²) in [5.41, 5.74) is -0.280. The molecule has 3 aromatic heterocycles. The van der Waals surface area contributed by atoms with Crippen molar-refractivity contribution >= 4 is 34.6 Å². The zero-order chi connectivity index (χ0) is 24.9. The maximum absolute atomic E-state index is 13.1. The molecule has 4 aromatic rings. The predicted octanol–water partition coefficient (Wildman–Crippen LogP) is 2.47. The molecule has 1 saturated carbocycles. The summed E-state index contributed by atoms with van der Waals surface area (Å²) in [5.74, 6) is -0.0876. The van der Waals surface area contributed by atoms with E-state index in [4.69, 9.17) is 16.0 Å². The third kappa shape index (κ3) is 4.35. The van der Waals surface area contributed by atoms with Gasteiger partial charge in [-0.3, -0.25) is 14.2 Å².